The average molecular weight is 246 g/mol. The van der Waals surface area contributed by atoms with Gasteiger partial charge >= 0.3 is 0 Å². The largest absolute Gasteiger partial charge is 0.0654 e. The van der Waals surface area contributed by atoms with Gasteiger partial charge in [-0.1, -0.05) is 70.4 Å². The van der Waals surface area contributed by atoms with E-state index in [0.717, 1.165) is 11.8 Å². The van der Waals surface area contributed by atoms with E-state index >= 15 is 0 Å². The van der Waals surface area contributed by atoms with Crippen LogP contribution < -0.4 is 0 Å². The zero-order valence-corrected chi connectivity index (χ0v) is 12.7. The Labute approximate surface area is 114 Å². The van der Waals surface area contributed by atoms with Gasteiger partial charge in [-0.3, -0.25) is 0 Å². The maximum absolute atomic E-state index is 2.35. The molecule has 2 unspecified atom stereocenters. The summed E-state index contributed by atoms with van der Waals surface area (Å²) >= 11 is 0. The first-order chi connectivity index (χ1) is 8.78. The van der Waals surface area contributed by atoms with Gasteiger partial charge in [-0.15, -0.1) is 0 Å². The first kappa shape index (κ1) is 15.3. The third-order valence-electron chi connectivity index (χ3n) is 4.14. The minimum absolute atomic E-state index is 0.786. The molecule has 0 aliphatic heterocycles. The predicted molar refractivity (Wildman–Crippen MR) is 82.7 cm³/mol. The zero-order valence-electron chi connectivity index (χ0n) is 12.7. The molecule has 0 heterocycles. The van der Waals surface area contributed by atoms with E-state index in [1.165, 1.54) is 44.1 Å². The number of rotatable bonds is 8. The van der Waals surface area contributed by atoms with Gasteiger partial charge in [0.05, 0.1) is 0 Å². The van der Waals surface area contributed by atoms with E-state index < -0.39 is 0 Å². The molecule has 1 aliphatic rings. The quantitative estimate of drug-likeness (QED) is 0.488. The maximum atomic E-state index is 2.35. The number of hydrogen-bond donors (Lipinski definition) is 0. The van der Waals surface area contributed by atoms with Crippen LogP contribution in [0.5, 0.6) is 0 Å². The summed E-state index contributed by atoms with van der Waals surface area (Å²) in [5.74, 6) is 1.57. The highest BCUT2D eigenvalue weighted by atomic mass is 14.3. The highest BCUT2D eigenvalue weighted by molar-refractivity contribution is 5.45. The third kappa shape index (κ3) is 3.86. The Morgan fingerprint density at radius 2 is 1.28 bits per heavy atom. The summed E-state index contributed by atoms with van der Waals surface area (Å²) < 4.78 is 0. The molecule has 0 bridgehead atoms. The lowest BCUT2D eigenvalue weighted by molar-refractivity contribution is 0.426. The molecule has 0 aromatic carbocycles. The SMILES string of the molecule is CCCC(CC)C(=C1C=CC=C1)C(CC)CCC. The highest BCUT2D eigenvalue weighted by Crippen LogP contribution is 2.36. The van der Waals surface area contributed by atoms with Gasteiger partial charge in [-0.25, -0.2) is 0 Å². The van der Waals surface area contributed by atoms with Crippen molar-refractivity contribution < 1.29 is 0 Å². The Morgan fingerprint density at radius 3 is 1.61 bits per heavy atom. The van der Waals surface area contributed by atoms with Crippen LogP contribution in [0.15, 0.2) is 35.5 Å². The van der Waals surface area contributed by atoms with Crippen LogP contribution >= 0.6 is 0 Å². The van der Waals surface area contributed by atoms with E-state index in [1.807, 2.05) is 0 Å². The van der Waals surface area contributed by atoms with Gasteiger partial charge in [0.15, 0.2) is 0 Å². The Morgan fingerprint density at radius 1 is 0.833 bits per heavy atom. The lowest BCUT2D eigenvalue weighted by Gasteiger charge is -2.28. The van der Waals surface area contributed by atoms with Gasteiger partial charge in [0, 0.05) is 0 Å². The lowest BCUT2D eigenvalue weighted by Crippen LogP contribution is -2.14. The molecule has 0 heteroatoms. The third-order valence-corrected chi connectivity index (χ3v) is 4.14. The molecule has 0 fully saturated rings. The zero-order chi connectivity index (χ0) is 13.4. The standard InChI is InChI=1S/C18H30/c1-5-11-15(7-3)18(16(8-4)12-6-2)17-13-9-10-14-17/h9-10,13-16H,5-8,11-12H2,1-4H3. The van der Waals surface area contributed by atoms with Crippen LogP contribution in [-0.4, -0.2) is 0 Å². The topological polar surface area (TPSA) is 0 Å². The monoisotopic (exact) mass is 246 g/mol. The summed E-state index contributed by atoms with van der Waals surface area (Å²) in [5.41, 5.74) is 3.25. The smallest absolute Gasteiger partial charge is 0.0194 e. The van der Waals surface area contributed by atoms with Crippen molar-refractivity contribution in [3.8, 4) is 0 Å². The fraction of sp³-hybridized carbons (Fsp3) is 0.667. The second kappa shape index (κ2) is 8.34. The van der Waals surface area contributed by atoms with Gasteiger partial charge in [-0.2, -0.15) is 0 Å². The van der Waals surface area contributed by atoms with Crippen molar-refractivity contribution in [2.24, 2.45) is 11.8 Å². The van der Waals surface area contributed by atoms with Gasteiger partial charge in [0.1, 0.15) is 0 Å². The summed E-state index contributed by atoms with van der Waals surface area (Å²) in [7, 11) is 0. The van der Waals surface area contributed by atoms with E-state index in [1.54, 1.807) is 5.57 Å². The molecule has 18 heavy (non-hydrogen) atoms. The Balaban J connectivity index is 3.04. The first-order valence-electron chi connectivity index (χ1n) is 7.87. The molecule has 0 saturated heterocycles. The minimum atomic E-state index is 0.786. The van der Waals surface area contributed by atoms with Crippen molar-refractivity contribution in [1.29, 1.82) is 0 Å². The van der Waals surface area contributed by atoms with Crippen LogP contribution in [0.4, 0.5) is 0 Å². The Hall–Kier alpha value is -0.780. The van der Waals surface area contributed by atoms with Gasteiger partial charge < -0.3 is 0 Å². The number of allylic oxidation sites excluding steroid dienone is 6. The van der Waals surface area contributed by atoms with Crippen LogP contribution in [-0.2, 0) is 0 Å². The normalized spacial score (nSPS) is 17.2. The Kier molecular flexibility index (Phi) is 7.08. The maximum Gasteiger partial charge on any atom is -0.0194 e. The molecule has 102 valence electrons. The fourth-order valence-electron chi connectivity index (χ4n) is 3.23. The van der Waals surface area contributed by atoms with E-state index in [4.69, 9.17) is 0 Å². The van der Waals surface area contributed by atoms with E-state index in [2.05, 4.69) is 52.0 Å². The molecular formula is C18H30. The van der Waals surface area contributed by atoms with Crippen LogP contribution in [0.1, 0.15) is 66.2 Å². The van der Waals surface area contributed by atoms with Crippen molar-refractivity contribution in [1.82, 2.24) is 0 Å². The first-order valence-corrected chi connectivity index (χ1v) is 7.87. The molecule has 0 saturated carbocycles. The average Bonchev–Trinajstić information content (AvgIpc) is 2.90. The van der Waals surface area contributed by atoms with Crippen molar-refractivity contribution in [3.63, 3.8) is 0 Å². The van der Waals surface area contributed by atoms with Crippen LogP contribution in [0.2, 0.25) is 0 Å². The summed E-state index contributed by atoms with van der Waals surface area (Å²) in [5, 5.41) is 0. The van der Waals surface area contributed by atoms with Crippen molar-refractivity contribution in [2.45, 2.75) is 66.2 Å². The second-order valence-corrected chi connectivity index (χ2v) is 5.42. The molecule has 1 rings (SSSR count). The van der Waals surface area contributed by atoms with E-state index in [0.29, 0.717) is 0 Å². The summed E-state index contributed by atoms with van der Waals surface area (Å²) in [6, 6.07) is 0. The molecule has 0 radical (unpaired) electrons. The minimum Gasteiger partial charge on any atom is -0.0654 e. The molecule has 1 aliphatic carbocycles. The number of hydrogen-bond acceptors (Lipinski definition) is 0. The molecule has 0 spiro atoms. The molecular weight excluding hydrogens is 216 g/mol. The fourth-order valence-corrected chi connectivity index (χ4v) is 3.23. The Bertz CT molecular complexity index is 287. The molecule has 2 atom stereocenters. The summed E-state index contributed by atoms with van der Waals surface area (Å²) in [4.78, 5) is 0. The summed E-state index contributed by atoms with van der Waals surface area (Å²) in [6.07, 6.45) is 16.9. The van der Waals surface area contributed by atoms with Gasteiger partial charge in [0.2, 0.25) is 0 Å². The van der Waals surface area contributed by atoms with Crippen LogP contribution in [0, 0.1) is 11.8 Å². The molecule has 0 nitrogen and oxygen atoms in total. The molecule has 0 aromatic rings. The van der Waals surface area contributed by atoms with Gasteiger partial charge in [0.25, 0.3) is 0 Å². The molecule has 0 aromatic heterocycles. The van der Waals surface area contributed by atoms with Crippen molar-refractivity contribution in [2.75, 3.05) is 0 Å². The van der Waals surface area contributed by atoms with Crippen molar-refractivity contribution in [3.05, 3.63) is 35.5 Å². The second-order valence-electron chi connectivity index (χ2n) is 5.42. The molecule has 0 amide bonds. The predicted octanol–water partition coefficient (Wildman–Crippen LogP) is 6.06. The summed E-state index contributed by atoms with van der Waals surface area (Å²) in [6.45, 7) is 9.32. The molecule has 0 N–H and O–H groups in total. The van der Waals surface area contributed by atoms with Crippen molar-refractivity contribution >= 4 is 0 Å². The lowest BCUT2D eigenvalue weighted by atomic mass is 9.77. The highest BCUT2D eigenvalue weighted by Gasteiger charge is 2.22. The van der Waals surface area contributed by atoms with E-state index in [-0.39, 0.29) is 0 Å². The van der Waals surface area contributed by atoms with E-state index in [9.17, 15) is 0 Å². The van der Waals surface area contributed by atoms with Gasteiger partial charge in [-0.05, 0) is 43.1 Å². The van der Waals surface area contributed by atoms with Crippen LogP contribution in [0.25, 0.3) is 0 Å². The van der Waals surface area contributed by atoms with Crippen LogP contribution in [0.3, 0.4) is 0 Å².